The van der Waals surface area contributed by atoms with Gasteiger partial charge in [-0.05, 0) is 27.7 Å². The van der Waals surface area contributed by atoms with Crippen molar-refractivity contribution < 1.29 is 13.9 Å². The third kappa shape index (κ3) is 3.85. The van der Waals surface area contributed by atoms with E-state index in [1.807, 2.05) is 32.6 Å². The fraction of sp³-hybridized carbons (Fsp3) is 0.667. The summed E-state index contributed by atoms with van der Waals surface area (Å²) in [7, 11) is 1.39. The van der Waals surface area contributed by atoms with Gasteiger partial charge in [-0.15, -0.1) is 0 Å². The molecule has 0 amide bonds. The van der Waals surface area contributed by atoms with Crippen molar-refractivity contribution >= 4 is 5.97 Å². The van der Waals surface area contributed by atoms with Crippen LogP contribution in [0.15, 0.2) is 4.42 Å². The molecule has 0 bridgehead atoms. The molecule has 0 fully saturated rings. The zero-order chi connectivity index (χ0) is 13.0. The van der Waals surface area contributed by atoms with Gasteiger partial charge in [0, 0.05) is 6.04 Å². The van der Waals surface area contributed by atoms with Crippen molar-refractivity contribution in [1.29, 1.82) is 0 Å². The summed E-state index contributed by atoms with van der Waals surface area (Å²) < 4.78 is 10.2. The SMILES string of the molecule is COC(=O)CN(Cc1nc(C)c(C)o1)C(C)C. The second-order valence-corrected chi connectivity index (χ2v) is 4.32. The Morgan fingerprint density at radius 2 is 2.12 bits per heavy atom. The van der Waals surface area contributed by atoms with Crippen molar-refractivity contribution in [3.8, 4) is 0 Å². The molecule has 0 unspecified atom stereocenters. The van der Waals surface area contributed by atoms with Crippen LogP contribution in [0, 0.1) is 13.8 Å². The normalized spacial score (nSPS) is 11.2. The molecular formula is C12H20N2O3. The van der Waals surface area contributed by atoms with Crippen LogP contribution in [0.1, 0.15) is 31.2 Å². The number of hydrogen-bond acceptors (Lipinski definition) is 5. The van der Waals surface area contributed by atoms with Crippen LogP contribution in [0.4, 0.5) is 0 Å². The van der Waals surface area contributed by atoms with Crippen LogP contribution < -0.4 is 0 Å². The molecule has 1 aromatic heterocycles. The average molecular weight is 240 g/mol. The molecule has 1 rings (SSSR count). The van der Waals surface area contributed by atoms with Gasteiger partial charge >= 0.3 is 5.97 Å². The van der Waals surface area contributed by atoms with E-state index < -0.39 is 0 Å². The molecule has 1 heterocycles. The number of methoxy groups -OCH3 is 1. The number of esters is 1. The van der Waals surface area contributed by atoms with Crippen LogP contribution in [0.5, 0.6) is 0 Å². The van der Waals surface area contributed by atoms with Gasteiger partial charge in [-0.3, -0.25) is 9.69 Å². The number of aryl methyl sites for hydroxylation is 2. The monoisotopic (exact) mass is 240 g/mol. The molecule has 0 aliphatic carbocycles. The number of ether oxygens (including phenoxy) is 1. The van der Waals surface area contributed by atoms with Crippen molar-refractivity contribution in [3.05, 3.63) is 17.3 Å². The molecule has 0 spiro atoms. The Morgan fingerprint density at radius 3 is 2.53 bits per heavy atom. The van der Waals surface area contributed by atoms with E-state index in [-0.39, 0.29) is 18.6 Å². The van der Waals surface area contributed by atoms with E-state index >= 15 is 0 Å². The molecule has 5 heteroatoms. The maximum Gasteiger partial charge on any atom is 0.319 e. The number of hydrogen-bond donors (Lipinski definition) is 0. The smallest absolute Gasteiger partial charge is 0.319 e. The first-order valence-electron chi connectivity index (χ1n) is 5.67. The molecule has 17 heavy (non-hydrogen) atoms. The molecule has 0 N–H and O–H groups in total. The van der Waals surface area contributed by atoms with Crippen molar-refractivity contribution in [2.24, 2.45) is 0 Å². The number of oxazole rings is 1. The molecule has 5 nitrogen and oxygen atoms in total. The van der Waals surface area contributed by atoms with Gasteiger partial charge in [0.15, 0.2) is 0 Å². The second kappa shape index (κ2) is 5.82. The summed E-state index contributed by atoms with van der Waals surface area (Å²) in [5.41, 5.74) is 0.891. The molecule has 96 valence electrons. The van der Waals surface area contributed by atoms with Gasteiger partial charge in [0.1, 0.15) is 5.76 Å². The zero-order valence-corrected chi connectivity index (χ0v) is 11.1. The molecule has 0 radical (unpaired) electrons. The summed E-state index contributed by atoms with van der Waals surface area (Å²) in [5, 5.41) is 0. The summed E-state index contributed by atoms with van der Waals surface area (Å²) in [4.78, 5) is 17.5. The van der Waals surface area contributed by atoms with Gasteiger partial charge in [-0.25, -0.2) is 4.98 Å². The highest BCUT2D eigenvalue weighted by Gasteiger charge is 2.17. The van der Waals surface area contributed by atoms with E-state index in [1.165, 1.54) is 7.11 Å². The highest BCUT2D eigenvalue weighted by Crippen LogP contribution is 2.12. The maximum atomic E-state index is 11.3. The lowest BCUT2D eigenvalue weighted by molar-refractivity contribution is -0.142. The number of carbonyl (C=O) groups is 1. The van der Waals surface area contributed by atoms with Crippen LogP contribution >= 0.6 is 0 Å². The van der Waals surface area contributed by atoms with E-state index in [1.54, 1.807) is 0 Å². The van der Waals surface area contributed by atoms with Gasteiger partial charge in [0.05, 0.1) is 25.9 Å². The van der Waals surface area contributed by atoms with Crippen molar-refractivity contribution in [2.75, 3.05) is 13.7 Å². The minimum absolute atomic E-state index is 0.224. The first-order valence-corrected chi connectivity index (χ1v) is 5.67. The lowest BCUT2D eigenvalue weighted by atomic mass is 10.3. The van der Waals surface area contributed by atoms with Crippen LogP contribution in [0.25, 0.3) is 0 Å². The van der Waals surface area contributed by atoms with Crippen molar-refractivity contribution in [3.63, 3.8) is 0 Å². The van der Waals surface area contributed by atoms with Crippen molar-refractivity contribution in [2.45, 2.75) is 40.3 Å². The van der Waals surface area contributed by atoms with Gasteiger partial charge in [-0.2, -0.15) is 0 Å². The number of nitrogens with zero attached hydrogens (tertiary/aromatic N) is 2. The van der Waals surface area contributed by atoms with Crippen LogP contribution in [-0.4, -0.2) is 35.5 Å². The van der Waals surface area contributed by atoms with Gasteiger partial charge in [0.2, 0.25) is 5.89 Å². The Bertz CT molecular complexity index is 366. The molecule has 0 aromatic carbocycles. The zero-order valence-electron chi connectivity index (χ0n) is 11.1. The first kappa shape index (κ1) is 13.7. The summed E-state index contributed by atoms with van der Waals surface area (Å²) in [6, 6.07) is 0.224. The van der Waals surface area contributed by atoms with Crippen molar-refractivity contribution in [1.82, 2.24) is 9.88 Å². The second-order valence-electron chi connectivity index (χ2n) is 4.32. The van der Waals surface area contributed by atoms with Gasteiger partial charge in [0.25, 0.3) is 0 Å². The molecule has 0 aliphatic heterocycles. The number of aromatic nitrogens is 1. The standard InChI is InChI=1S/C12H20N2O3/c1-8(2)14(7-12(15)16-5)6-11-13-9(3)10(4)17-11/h8H,6-7H2,1-5H3. The Balaban J connectivity index is 2.69. The Morgan fingerprint density at radius 1 is 1.47 bits per heavy atom. The van der Waals surface area contributed by atoms with Crippen LogP contribution in [0.3, 0.4) is 0 Å². The topological polar surface area (TPSA) is 55.6 Å². The molecule has 0 saturated carbocycles. The summed E-state index contributed by atoms with van der Waals surface area (Å²) in [6.45, 7) is 8.58. The highest BCUT2D eigenvalue weighted by atomic mass is 16.5. The minimum atomic E-state index is -0.251. The molecular weight excluding hydrogens is 220 g/mol. The lowest BCUT2D eigenvalue weighted by Gasteiger charge is -2.23. The van der Waals surface area contributed by atoms with E-state index in [4.69, 9.17) is 4.42 Å². The summed E-state index contributed by atoms with van der Waals surface area (Å²) in [5.74, 6) is 1.21. The highest BCUT2D eigenvalue weighted by molar-refractivity contribution is 5.71. The Kier molecular flexibility index (Phi) is 4.69. The molecule has 0 saturated heterocycles. The Labute approximate surface area is 102 Å². The fourth-order valence-electron chi connectivity index (χ4n) is 1.43. The molecule has 0 aliphatic rings. The summed E-state index contributed by atoms with van der Waals surface area (Å²) >= 11 is 0. The van der Waals surface area contributed by atoms with Gasteiger partial charge < -0.3 is 9.15 Å². The van der Waals surface area contributed by atoms with Crippen LogP contribution in [-0.2, 0) is 16.1 Å². The summed E-state index contributed by atoms with van der Waals surface area (Å²) in [6.07, 6.45) is 0. The van der Waals surface area contributed by atoms with E-state index in [0.29, 0.717) is 12.4 Å². The third-order valence-electron chi connectivity index (χ3n) is 2.70. The molecule has 1 aromatic rings. The predicted octanol–water partition coefficient (Wildman–Crippen LogP) is 1.67. The Hall–Kier alpha value is -1.36. The minimum Gasteiger partial charge on any atom is -0.468 e. The average Bonchev–Trinajstić information content (AvgIpc) is 2.56. The van der Waals surface area contributed by atoms with Crippen LogP contribution in [0.2, 0.25) is 0 Å². The maximum absolute atomic E-state index is 11.3. The van der Waals surface area contributed by atoms with E-state index in [0.717, 1.165) is 11.5 Å². The quantitative estimate of drug-likeness (QED) is 0.733. The predicted molar refractivity (Wildman–Crippen MR) is 63.5 cm³/mol. The van der Waals surface area contributed by atoms with E-state index in [2.05, 4.69) is 9.72 Å². The van der Waals surface area contributed by atoms with E-state index in [9.17, 15) is 4.79 Å². The van der Waals surface area contributed by atoms with Gasteiger partial charge in [-0.1, -0.05) is 0 Å². The largest absolute Gasteiger partial charge is 0.468 e. The first-order chi connectivity index (χ1) is 7.93. The fourth-order valence-corrected chi connectivity index (χ4v) is 1.43. The molecule has 0 atom stereocenters. The lowest BCUT2D eigenvalue weighted by Crippen LogP contribution is -2.35. The third-order valence-corrected chi connectivity index (χ3v) is 2.70. The number of carbonyl (C=O) groups excluding carboxylic acids is 1. The number of rotatable bonds is 5.